The number of nitrogens with two attached hydrogens (primary N) is 3. The predicted octanol–water partition coefficient (Wildman–Crippen LogP) is 0.468. The topological polar surface area (TPSA) is 174 Å². The first-order chi connectivity index (χ1) is 14.6. The maximum Gasteiger partial charge on any atom is 0.323 e. The summed E-state index contributed by atoms with van der Waals surface area (Å²) >= 11 is 0. The van der Waals surface area contributed by atoms with Gasteiger partial charge in [-0.3, -0.25) is 9.59 Å². The number of nitrogen functional groups attached to an aromatic ring is 1. The third kappa shape index (κ3) is 6.86. The van der Waals surface area contributed by atoms with Gasteiger partial charge in [-0.15, -0.1) is 0 Å². The highest BCUT2D eigenvalue weighted by Crippen LogP contribution is 2.16. The van der Waals surface area contributed by atoms with Crippen LogP contribution in [0.5, 0.6) is 0 Å². The maximum atomic E-state index is 12.2. The molecule has 3 atom stereocenters. The van der Waals surface area contributed by atoms with Gasteiger partial charge >= 0.3 is 11.9 Å². The second-order valence-corrected chi connectivity index (χ2v) is 8.33. The molecule has 2 aromatic rings. The Hall–Kier alpha value is -2.79. The van der Waals surface area contributed by atoms with Crippen molar-refractivity contribution in [3.8, 4) is 0 Å². The van der Waals surface area contributed by atoms with Crippen LogP contribution in [0.4, 0.5) is 5.95 Å². The maximum absolute atomic E-state index is 12.2. The number of imidazole rings is 1. The molecule has 2 aromatic heterocycles. The Labute approximate surface area is 181 Å². The molecule has 0 radical (unpaired) electrons. The van der Waals surface area contributed by atoms with Crippen LogP contribution >= 0.6 is 0 Å². The molecular weight excluding hydrogens is 402 g/mol. The van der Waals surface area contributed by atoms with Crippen molar-refractivity contribution in [1.82, 2.24) is 19.5 Å². The number of hydrogen-bond donors (Lipinski definition) is 3. The molecule has 2 heterocycles. The SMILES string of the molecule is CC(C)[C@H](N)C(=O)OCCC(COC(=O)[C@@H](N)C(C)C)Cn1cnc2cnc(N)nc21. The summed E-state index contributed by atoms with van der Waals surface area (Å²) in [4.78, 5) is 36.6. The van der Waals surface area contributed by atoms with E-state index in [9.17, 15) is 9.59 Å². The van der Waals surface area contributed by atoms with E-state index in [-0.39, 0.29) is 36.9 Å². The van der Waals surface area contributed by atoms with Gasteiger partial charge in [-0.1, -0.05) is 27.7 Å². The monoisotopic (exact) mass is 435 g/mol. The summed E-state index contributed by atoms with van der Waals surface area (Å²) in [6.45, 7) is 8.07. The molecule has 31 heavy (non-hydrogen) atoms. The summed E-state index contributed by atoms with van der Waals surface area (Å²) in [7, 11) is 0. The molecule has 0 spiro atoms. The smallest absolute Gasteiger partial charge is 0.323 e. The van der Waals surface area contributed by atoms with Gasteiger partial charge in [-0.05, 0) is 18.3 Å². The van der Waals surface area contributed by atoms with Gasteiger partial charge < -0.3 is 31.2 Å². The van der Waals surface area contributed by atoms with Crippen LogP contribution in [-0.2, 0) is 25.6 Å². The average molecular weight is 436 g/mol. The fourth-order valence-corrected chi connectivity index (χ4v) is 2.77. The number of nitrogens with zero attached hydrogens (tertiary/aromatic N) is 4. The van der Waals surface area contributed by atoms with Crippen LogP contribution < -0.4 is 17.2 Å². The molecule has 0 aliphatic carbocycles. The minimum Gasteiger partial charge on any atom is -0.465 e. The van der Waals surface area contributed by atoms with Crippen LogP contribution in [0.1, 0.15) is 34.1 Å². The summed E-state index contributed by atoms with van der Waals surface area (Å²) in [5, 5.41) is 0. The quantitative estimate of drug-likeness (QED) is 0.421. The van der Waals surface area contributed by atoms with Crippen molar-refractivity contribution in [3.63, 3.8) is 0 Å². The van der Waals surface area contributed by atoms with Crippen LogP contribution in [0.3, 0.4) is 0 Å². The van der Waals surface area contributed by atoms with E-state index in [1.165, 1.54) is 0 Å². The Balaban J connectivity index is 2.06. The van der Waals surface area contributed by atoms with Crippen LogP contribution in [0.25, 0.3) is 11.2 Å². The highest BCUT2D eigenvalue weighted by atomic mass is 16.5. The lowest BCUT2D eigenvalue weighted by atomic mass is 10.0. The molecular formula is C20H33N7O4. The minimum absolute atomic E-state index is 0.0239. The van der Waals surface area contributed by atoms with Gasteiger partial charge in [0.05, 0.1) is 25.7 Å². The van der Waals surface area contributed by atoms with Gasteiger partial charge in [0, 0.05) is 12.5 Å². The molecule has 0 saturated carbocycles. The molecule has 0 aliphatic rings. The molecule has 0 amide bonds. The van der Waals surface area contributed by atoms with E-state index in [2.05, 4.69) is 15.0 Å². The number of hydrogen-bond acceptors (Lipinski definition) is 10. The first-order valence-corrected chi connectivity index (χ1v) is 10.4. The lowest BCUT2D eigenvalue weighted by Gasteiger charge is -2.21. The third-order valence-corrected chi connectivity index (χ3v) is 5.04. The normalized spacial score (nSPS) is 14.6. The Morgan fingerprint density at radius 2 is 1.65 bits per heavy atom. The van der Waals surface area contributed by atoms with Crippen molar-refractivity contribution >= 4 is 29.1 Å². The van der Waals surface area contributed by atoms with Gasteiger partial charge in [-0.2, -0.15) is 4.98 Å². The molecule has 172 valence electrons. The summed E-state index contributed by atoms with van der Waals surface area (Å²) in [6, 6.07) is -1.39. The Morgan fingerprint density at radius 3 is 2.26 bits per heavy atom. The van der Waals surface area contributed by atoms with Crippen LogP contribution in [0.15, 0.2) is 12.5 Å². The zero-order chi connectivity index (χ0) is 23.1. The standard InChI is InChI=1S/C20H33N7O4/c1-11(2)15(21)18(28)30-6-5-13(9-31-19(29)16(22)12(3)4)8-27-10-25-14-7-24-20(23)26-17(14)27/h7,10-13,15-16H,5-6,8-9,21-22H2,1-4H3,(H2,23,24,26)/t13?,15-,16-/m0/s1. The van der Waals surface area contributed by atoms with Crippen LogP contribution in [0, 0.1) is 17.8 Å². The number of ether oxygens (including phenoxy) is 2. The zero-order valence-corrected chi connectivity index (χ0v) is 18.5. The molecule has 0 saturated heterocycles. The fourth-order valence-electron chi connectivity index (χ4n) is 2.77. The number of esters is 2. The second-order valence-electron chi connectivity index (χ2n) is 8.33. The first-order valence-electron chi connectivity index (χ1n) is 10.4. The zero-order valence-electron chi connectivity index (χ0n) is 18.5. The summed E-state index contributed by atoms with van der Waals surface area (Å²) < 4.78 is 12.6. The predicted molar refractivity (Wildman–Crippen MR) is 115 cm³/mol. The van der Waals surface area contributed by atoms with Gasteiger partial charge in [0.25, 0.3) is 0 Å². The molecule has 0 bridgehead atoms. The van der Waals surface area contributed by atoms with E-state index < -0.39 is 24.0 Å². The van der Waals surface area contributed by atoms with E-state index in [0.29, 0.717) is 24.1 Å². The Morgan fingerprint density at radius 1 is 1.03 bits per heavy atom. The van der Waals surface area contributed by atoms with Crippen molar-refractivity contribution in [2.24, 2.45) is 29.2 Å². The summed E-state index contributed by atoms with van der Waals surface area (Å²) in [5.74, 6) is -1.04. The van der Waals surface area contributed by atoms with Crippen molar-refractivity contribution in [2.75, 3.05) is 18.9 Å². The number of carbonyl (C=O) groups is 2. The van der Waals surface area contributed by atoms with E-state index in [0.717, 1.165) is 0 Å². The molecule has 0 aliphatic heterocycles. The van der Waals surface area contributed by atoms with Crippen molar-refractivity contribution < 1.29 is 19.1 Å². The molecule has 11 heteroatoms. The van der Waals surface area contributed by atoms with E-state index in [4.69, 9.17) is 26.7 Å². The fraction of sp³-hybridized carbons (Fsp3) is 0.650. The largest absolute Gasteiger partial charge is 0.465 e. The van der Waals surface area contributed by atoms with Gasteiger partial charge in [-0.25, -0.2) is 9.97 Å². The molecule has 11 nitrogen and oxygen atoms in total. The van der Waals surface area contributed by atoms with Gasteiger partial charge in [0.2, 0.25) is 5.95 Å². The van der Waals surface area contributed by atoms with E-state index in [1.54, 1.807) is 17.1 Å². The van der Waals surface area contributed by atoms with Crippen molar-refractivity contribution in [3.05, 3.63) is 12.5 Å². The molecule has 6 N–H and O–H groups in total. The van der Waals surface area contributed by atoms with Crippen LogP contribution in [-0.4, -0.2) is 56.8 Å². The number of anilines is 1. The number of fused-ring (bicyclic) bond motifs is 1. The van der Waals surface area contributed by atoms with Crippen molar-refractivity contribution in [1.29, 1.82) is 0 Å². The highest BCUT2D eigenvalue weighted by molar-refractivity contribution is 5.76. The molecule has 0 fully saturated rings. The number of aromatic nitrogens is 4. The number of carbonyl (C=O) groups excluding carboxylic acids is 2. The summed E-state index contributed by atoms with van der Waals surface area (Å²) in [6.07, 6.45) is 3.61. The van der Waals surface area contributed by atoms with Crippen molar-refractivity contribution in [2.45, 2.75) is 52.7 Å². The lowest BCUT2D eigenvalue weighted by Crippen LogP contribution is -2.38. The molecule has 0 aromatic carbocycles. The average Bonchev–Trinajstić information content (AvgIpc) is 3.11. The number of rotatable bonds is 11. The third-order valence-electron chi connectivity index (χ3n) is 5.04. The van der Waals surface area contributed by atoms with E-state index in [1.807, 2.05) is 27.7 Å². The van der Waals surface area contributed by atoms with Gasteiger partial charge in [0.15, 0.2) is 5.65 Å². The highest BCUT2D eigenvalue weighted by Gasteiger charge is 2.23. The van der Waals surface area contributed by atoms with Gasteiger partial charge in [0.1, 0.15) is 17.6 Å². The molecule has 1 unspecified atom stereocenters. The second kappa shape index (κ2) is 11.0. The Bertz CT molecular complexity index is 884. The minimum atomic E-state index is -0.705. The summed E-state index contributed by atoms with van der Waals surface area (Å²) in [5.41, 5.74) is 18.6. The Kier molecular flexibility index (Phi) is 8.69. The lowest BCUT2D eigenvalue weighted by molar-refractivity contribution is -0.150. The molecule has 2 rings (SSSR count). The van der Waals surface area contributed by atoms with E-state index >= 15 is 0 Å². The first kappa shape index (κ1) is 24.5. The van der Waals surface area contributed by atoms with Crippen LogP contribution in [0.2, 0.25) is 0 Å².